The molecule has 1 saturated heterocycles. The van der Waals surface area contributed by atoms with Gasteiger partial charge in [-0.3, -0.25) is 15.0 Å². The van der Waals surface area contributed by atoms with Gasteiger partial charge in [0.05, 0.1) is 23.6 Å². The minimum absolute atomic E-state index is 0.0705. The normalized spacial score (nSPS) is 14.0. The molecular formula is C24H28N6O6. The van der Waals surface area contributed by atoms with Gasteiger partial charge in [0.25, 0.3) is 5.69 Å². The third kappa shape index (κ3) is 6.15. The van der Waals surface area contributed by atoms with E-state index in [0.29, 0.717) is 12.2 Å². The maximum absolute atomic E-state index is 12.2. The summed E-state index contributed by atoms with van der Waals surface area (Å²) < 4.78 is 15.1. The number of esters is 1. The number of ether oxygens (including phenoxy) is 2. The zero-order valence-electron chi connectivity index (χ0n) is 20.2. The average molecular weight is 497 g/mol. The molecule has 1 aliphatic heterocycles. The van der Waals surface area contributed by atoms with Crippen LogP contribution in [0.3, 0.4) is 0 Å². The van der Waals surface area contributed by atoms with Gasteiger partial charge < -0.3 is 24.2 Å². The van der Waals surface area contributed by atoms with Gasteiger partial charge in [-0.1, -0.05) is 6.07 Å². The average Bonchev–Trinajstić information content (AvgIpc) is 3.29. The van der Waals surface area contributed by atoms with Crippen LogP contribution in [0, 0.1) is 17.0 Å². The third-order valence-corrected chi connectivity index (χ3v) is 5.93. The molecule has 0 spiro atoms. The van der Waals surface area contributed by atoms with Crippen molar-refractivity contribution < 1.29 is 23.7 Å². The van der Waals surface area contributed by atoms with E-state index in [0.717, 1.165) is 43.3 Å². The van der Waals surface area contributed by atoms with Crippen molar-refractivity contribution >= 4 is 28.7 Å². The summed E-state index contributed by atoms with van der Waals surface area (Å²) in [4.78, 5) is 27.9. The number of methoxy groups -OCH3 is 1. The Kier molecular flexibility index (Phi) is 8.08. The monoisotopic (exact) mass is 496 g/mol. The molecule has 2 heterocycles. The maximum Gasteiger partial charge on any atom is 0.338 e. The Hall–Kier alpha value is -4.03. The Morgan fingerprint density at radius 1 is 1.17 bits per heavy atom. The Balaban J connectivity index is 1.41. The predicted octanol–water partition coefficient (Wildman–Crippen LogP) is 3.16. The molecule has 3 aromatic rings. The van der Waals surface area contributed by atoms with E-state index in [4.69, 9.17) is 14.0 Å². The lowest BCUT2D eigenvalue weighted by Gasteiger charge is -2.35. The van der Waals surface area contributed by atoms with Crippen LogP contribution in [-0.2, 0) is 16.0 Å². The predicted molar refractivity (Wildman–Crippen MR) is 132 cm³/mol. The van der Waals surface area contributed by atoms with Gasteiger partial charge in [0.1, 0.15) is 18.0 Å². The molecule has 0 radical (unpaired) electrons. The first kappa shape index (κ1) is 25.1. The van der Waals surface area contributed by atoms with Gasteiger partial charge in [0, 0.05) is 56.0 Å². The second-order valence-corrected chi connectivity index (χ2v) is 8.34. The molecule has 0 atom stereocenters. The van der Waals surface area contributed by atoms with E-state index in [1.54, 1.807) is 0 Å². The maximum atomic E-state index is 12.2. The molecule has 1 aliphatic rings. The third-order valence-electron chi connectivity index (χ3n) is 5.93. The summed E-state index contributed by atoms with van der Waals surface area (Å²) in [5, 5.41) is 22.3. The fourth-order valence-electron chi connectivity index (χ4n) is 3.92. The molecular weight excluding hydrogens is 468 g/mol. The van der Waals surface area contributed by atoms with Crippen LogP contribution in [0.2, 0.25) is 0 Å². The lowest BCUT2D eigenvalue weighted by atomic mass is 10.1. The highest BCUT2D eigenvalue weighted by Crippen LogP contribution is 2.31. The molecule has 1 fully saturated rings. The smallest absolute Gasteiger partial charge is 0.338 e. The van der Waals surface area contributed by atoms with Crippen LogP contribution >= 0.6 is 0 Å². The van der Waals surface area contributed by atoms with Crippen LogP contribution < -0.4 is 10.2 Å². The zero-order valence-corrected chi connectivity index (χ0v) is 20.2. The van der Waals surface area contributed by atoms with Crippen LogP contribution in [0.15, 0.2) is 47.0 Å². The first-order valence-electron chi connectivity index (χ1n) is 11.5. The molecule has 12 nitrogen and oxygen atoms in total. The van der Waals surface area contributed by atoms with Gasteiger partial charge in [-0.25, -0.2) is 4.79 Å². The van der Waals surface area contributed by atoms with Crippen molar-refractivity contribution in [3.05, 3.63) is 69.6 Å². The number of carbonyl (C=O) groups excluding carboxylic acids is 1. The zero-order chi connectivity index (χ0) is 25.5. The number of benzene rings is 2. The van der Waals surface area contributed by atoms with Gasteiger partial charge in [-0.05, 0) is 37.3 Å². The van der Waals surface area contributed by atoms with Gasteiger partial charge in [0.2, 0.25) is 0 Å². The quantitative estimate of drug-likeness (QED) is 0.192. The summed E-state index contributed by atoms with van der Waals surface area (Å²) in [6.07, 6.45) is 0. The fourth-order valence-corrected chi connectivity index (χ4v) is 3.92. The largest absolute Gasteiger partial charge is 0.460 e. The van der Waals surface area contributed by atoms with Gasteiger partial charge in [-0.2, -0.15) is 0 Å². The lowest BCUT2D eigenvalue weighted by Crippen LogP contribution is -2.46. The second kappa shape index (κ2) is 11.6. The molecule has 1 aromatic heterocycles. The van der Waals surface area contributed by atoms with Crippen molar-refractivity contribution in [2.24, 2.45) is 0 Å². The van der Waals surface area contributed by atoms with E-state index in [9.17, 15) is 14.9 Å². The number of nitro groups is 1. The molecule has 190 valence electrons. The number of hydrogen-bond acceptors (Lipinski definition) is 11. The molecule has 12 heteroatoms. The number of nitro benzene ring substituents is 1. The topological polar surface area (TPSA) is 136 Å². The first-order valence-corrected chi connectivity index (χ1v) is 11.5. The fraction of sp³-hybridized carbons (Fsp3) is 0.375. The van der Waals surface area contributed by atoms with Crippen LogP contribution in [0.25, 0.3) is 0 Å². The van der Waals surface area contributed by atoms with Crippen LogP contribution in [0.4, 0.5) is 22.7 Å². The van der Waals surface area contributed by atoms with Crippen LogP contribution in [0.1, 0.15) is 21.8 Å². The molecule has 2 aromatic carbocycles. The van der Waals surface area contributed by atoms with Crippen molar-refractivity contribution in [1.82, 2.24) is 15.3 Å². The summed E-state index contributed by atoms with van der Waals surface area (Å²) in [7, 11) is 1.49. The molecule has 4 rings (SSSR count). The number of rotatable bonds is 10. The van der Waals surface area contributed by atoms with Crippen LogP contribution in [-0.4, -0.2) is 72.7 Å². The molecule has 1 N–H and O–H groups in total. The summed E-state index contributed by atoms with van der Waals surface area (Å²) >= 11 is 0. The molecule has 0 amide bonds. The first-order chi connectivity index (χ1) is 17.4. The van der Waals surface area contributed by atoms with Crippen molar-refractivity contribution in [2.75, 3.05) is 56.7 Å². The molecule has 0 saturated carbocycles. The van der Waals surface area contributed by atoms with E-state index in [1.807, 2.05) is 31.2 Å². The van der Waals surface area contributed by atoms with Crippen molar-refractivity contribution in [3.8, 4) is 0 Å². The number of aromatic nitrogens is 2. The Morgan fingerprint density at radius 2 is 1.97 bits per heavy atom. The number of carbonyl (C=O) groups is 1. The minimum atomic E-state index is -0.641. The highest BCUT2D eigenvalue weighted by molar-refractivity contribution is 5.91. The number of nitrogens with one attached hydrogen (secondary N) is 1. The van der Waals surface area contributed by atoms with Gasteiger partial charge >= 0.3 is 5.97 Å². The summed E-state index contributed by atoms with van der Waals surface area (Å²) in [5.74, 6) is 0.142. The lowest BCUT2D eigenvalue weighted by molar-refractivity contribution is -0.383. The highest BCUT2D eigenvalue weighted by atomic mass is 16.6. The van der Waals surface area contributed by atoms with E-state index in [2.05, 4.69) is 25.5 Å². The molecule has 0 aliphatic carbocycles. The van der Waals surface area contributed by atoms with Crippen molar-refractivity contribution in [3.63, 3.8) is 0 Å². The SMILES string of the molecule is COCCOC(=O)c1ccc(Nc2cccc(N3CCN(Cc4onnc4C)CC3)c2)c([N+](=O)[O-])c1. The number of anilines is 3. The minimum Gasteiger partial charge on any atom is -0.460 e. The number of piperazine rings is 1. The van der Waals surface area contributed by atoms with E-state index < -0.39 is 10.9 Å². The molecule has 0 unspecified atom stereocenters. The summed E-state index contributed by atoms with van der Waals surface area (Å²) in [6.45, 7) is 6.23. The summed E-state index contributed by atoms with van der Waals surface area (Å²) in [6, 6.07) is 11.9. The Bertz CT molecular complexity index is 1210. The summed E-state index contributed by atoms with van der Waals surface area (Å²) in [5.41, 5.74) is 2.70. The van der Waals surface area contributed by atoms with Gasteiger partial charge in [0.15, 0.2) is 5.76 Å². The Labute approximate surface area is 207 Å². The molecule has 0 bridgehead atoms. The van der Waals surface area contributed by atoms with E-state index in [-0.39, 0.29) is 30.2 Å². The Morgan fingerprint density at radius 3 is 2.67 bits per heavy atom. The van der Waals surface area contributed by atoms with E-state index >= 15 is 0 Å². The van der Waals surface area contributed by atoms with Gasteiger partial charge in [-0.15, -0.1) is 5.10 Å². The highest BCUT2D eigenvalue weighted by Gasteiger charge is 2.21. The van der Waals surface area contributed by atoms with Crippen LogP contribution in [0.5, 0.6) is 0 Å². The number of hydrogen-bond donors (Lipinski definition) is 1. The standard InChI is InChI=1S/C24H28N6O6/c1-17-23(36-27-26-17)16-28-8-10-29(11-9-28)20-5-3-4-19(15-20)25-21-7-6-18(14-22(21)30(32)33)24(31)35-13-12-34-2/h3-7,14-15,25H,8-13,16H2,1-2H3. The van der Waals surface area contributed by atoms with E-state index in [1.165, 1.54) is 25.3 Å². The van der Waals surface area contributed by atoms with Crippen molar-refractivity contribution in [2.45, 2.75) is 13.5 Å². The number of aryl methyl sites for hydroxylation is 1. The number of nitrogens with zero attached hydrogens (tertiary/aromatic N) is 5. The molecule has 36 heavy (non-hydrogen) atoms. The second-order valence-electron chi connectivity index (χ2n) is 8.34. The van der Waals surface area contributed by atoms with Crippen molar-refractivity contribution in [1.29, 1.82) is 0 Å².